The molecule has 2 aromatic carbocycles. The Morgan fingerprint density at radius 1 is 0.973 bits per heavy atom. The van der Waals surface area contributed by atoms with Crippen molar-refractivity contribution in [3.8, 4) is 0 Å². The van der Waals surface area contributed by atoms with Gasteiger partial charge in [-0.25, -0.2) is 0 Å². The first-order valence-electron chi connectivity index (χ1n) is 10.9. The molecule has 11 heteroatoms. The fourth-order valence-corrected chi connectivity index (χ4v) is 5.26. The zero-order chi connectivity index (χ0) is 27.5. The van der Waals surface area contributed by atoms with E-state index in [1.54, 1.807) is 49.4 Å². The zero-order valence-corrected chi connectivity index (χ0v) is 23.5. The molecule has 2 aromatic rings. The van der Waals surface area contributed by atoms with Gasteiger partial charge in [-0.2, -0.15) is 0 Å². The molecule has 37 heavy (non-hydrogen) atoms. The molecular weight excluding hydrogens is 580 g/mol. The van der Waals surface area contributed by atoms with E-state index in [1.807, 2.05) is 0 Å². The van der Waals surface area contributed by atoms with Crippen LogP contribution in [0, 0.1) is 5.92 Å². The quantitative estimate of drug-likeness (QED) is 0.225. The van der Waals surface area contributed by atoms with Crippen LogP contribution in [0.15, 0.2) is 72.6 Å². The minimum atomic E-state index is -1.35. The second-order valence-corrected chi connectivity index (χ2v) is 11.0. The zero-order valence-electron chi connectivity index (χ0n) is 19.7. The van der Waals surface area contributed by atoms with Crippen molar-refractivity contribution in [3.63, 3.8) is 0 Å². The molecule has 0 radical (unpaired) electrons. The van der Waals surface area contributed by atoms with Gasteiger partial charge in [0.15, 0.2) is 0 Å². The Labute approximate surface area is 239 Å². The van der Waals surface area contributed by atoms with Gasteiger partial charge in [-0.15, -0.1) is 23.2 Å². The summed E-state index contributed by atoms with van der Waals surface area (Å²) in [5, 5.41) is 8.98. The third-order valence-corrected chi connectivity index (χ3v) is 7.13. The average Bonchev–Trinajstić information content (AvgIpc) is 3.38. The summed E-state index contributed by atoms with van der Waals surface area (Å²) in [7, 11) is 0. The fourth-order valence-electron chi connectivity index (χ4n) is 3.69. The van der Waals surface area contributed by atoms with Crippen molar-refractivity contribution in [1.29, 1.82) is 0 Å². The molecule has 1 fully saturated rings. The van der Waals surface area contributed by atoms with E-state index in [2.05, 4.69) is 22.5 Å². The van der Waals surface area contributed by atoms with Crippen LogP contribution in [0.1, 0.15) is 35.7 Å². The van der Waals surface area contributed by atoms with Crippen molar-refractivity contribution in [3.05, 3.63) is 98.8 Å². The van der Waals surface area contributed by atoms with Gasteiger partial charge in [0.2, 0.25) is 11.8 Å². The first kappa shape index (κ1) is 29.1. The number of carbonyl (C=O) groups excluding carboxylic acids is 3. The standard InChI is InChI=1S/C26H22Cl5N3O3/c1-4-18(6-5-13(2)32-14(3)35)33-24(36)20-12-19(7-8-21(20)29)34-25(37)23-22(26(23,30)31)15-9-16(27)11-17(28)10-15/h4-12,22-23H,2H2,1,3H3,(H,32,35)(H,33,36)(H,34,37)/b6-5-,18-4+. The number of anilines is 1. The SMILES string of the molecule is C=C(/C=C\C(=C/C)NC(=O)c1cc(NC(=O)C2C(c3cc(Cl)cc(Cl)c3)C2(Cl)Cl)ccc1Cl)NC(C)=O. The molecule has 0 saturated heterocycles. The minimum Gasteiger partial charge on any atom is -0.327 e. The first-order chi connectivity index (χ1) is 17.3. The molecule has 0 spiro atoms. The maximum atomic E-state index is 13.0. The predicted octanol–water partition coefficient (Wildman–Crippen LogP) is 7.01. The first-order valence-corrected chi connectivity index (χ1v) is 12.8. The lowest BCUT2D eigenvalue weighted by molar-refractivity contribution is -0.118. The Kier molecular flexibility index (Phi) is 9.37. The summed E-state index contributed by atoms with van der Waals surface area (Å²) in [6.07, 6.45) is 4.77. The lowest BCUT2D eigenvalue weighted by Crippen LogP contribution is -2.23. The van der Waals surface area contributed by atoms with Gasteiger partial charge in [-0.3, -0.25) is 14.4 Å². The number of rotatable bonds is 8. The molecule has 0 aromatic heterocycles. The molecule has 1 aliphatic carbocycles. The molecule has 2 atom stereocenters. The Balaban J connectivity index is 1.72. The lowest BCUT2D eigenvalue weighted by Gasteiger charge is -2.11. The highest BCUT2D eigenvalue weighted by Gasteiger charge is 2.67. The summed E-state index contributed by atoms with van der Waals surface area (Å²) in [5.41, 5.74) is 1.90. The van der Waals surface area contributed by atoms with E-state index in [1.165, 1.54) is 19.1 Å². The summed E-state index contributed by atoms with van der Waals surface area (Å²) in [5.74, 6) is -2.49. The van der Waals surface area contributed by atoms with Gasteiger partial charge in [0.1, 0.15) is 4.33 Å². The number of allylic oxidation sites excluding steroid dienone is 3. The predicted molar refractivity (Wildman–Crippen MR) is 151 cm³/mol. The van der Waals surface area contributed by atoms with Gasteiger partial charge in [0.25, 0.3) is 5.91 Å². The Bertz CT molecular complexity index is 1320. The molecule has 0 heterocycles. The largest absolute Gasteiger partial charge is 0.327 e. The number of alkyl halides is 2. The smallest absolute Gasteiger partial charge is 0.257 e. The number of hydrogen-bond donors (Lipinski definition) is 3. The molecule has 6 nitrogen and oxygen atoms in total. The van der Waals surface area contributed by atoms with Gasteiger partial charge < -0.3 is 16.0 Å². The van der Waals surface area contributed by atoms with E-state index in [9.17, 15) is 14.4 Å². The van der Waals surface area contributed by atoms with Crippen molar-refractivity contribution in [1.82, 2.24) is 10.6 Å². The normalized spacial score (nSPS) is 18.3. The van der Waals surface area contributed by atoms with E-state index in [0.29, 0.717) is 32.7 Å². The Morgan fingerprint density at radius 3 is 2.22 bits per heavy atom. The van der Waals surface area contributed by atoms with Crippen LogP contribution in [-0.2, 0) is 9.59 Å². The third kappa shape index (κ3) is 7.30. The van der Waals surface area contributed by atoms with Crippen LogP contribution in [0.2, 0.25) is 15.1 Å². The molecule has 1 saturated carbocycles. The van der Waals surface area contributed by atoms with Crippen molar-refractivity contribution in [2.75, 3.05) is 5.32 Å². The monoisotopic (exact) mass is 599 g/mol. The van der Waals surface area contributed by atoms with E-state index in [4.69, 9.17) is 58.0 Å². The van der Waals surface area contributed by atoms with Crippen LogP contribution >= 0.6 is 58.0 Å². The Hall–Kier alpha value is -2.48. The molecule has 0 bridgehead atoms. The second kappa shape index (κ2) is 11.9. The minimum absolute atomic E-state index is 0.130. The van der Waals surface area contributed by atoms with Crippen LogP contribution in [0.25, 0.3) is 0 Å². The number of amides is 3. The van der Waals surface area contributed by atoms with Crippen LogP contribution in [0.5, 0.6) is 0 Å². The summed E-state index contributed by atoms with van der Waals surface area (Å²) < 4.78 is -1.35. The van der Waals surface area contributed by atoms with E-state index < -0.39 is 28.0 Å². The second-order valence-electron chi connectivity index (χ2n) is 8.25. The topological polar surface area (TPSA) is 87.3 Å². The summed E-state index contributed by atoms with van der Waals surface area (Å²) in [6.45, 7) is 6.79. The van der Waals surface area contributed by atoms with Crippen LogP contribution in [0.3, 0.4) is 0 Å². The molecule has 0 aliphatic heterocycles. The highest BCUT2D eigenvalue weighted by molar-refractivity contribution is 6.53. The number of halogens is 5. The van der Waals surface area contributed by atoms with Gasteiger partial charge >= 0.3 is 0 Å². The molecule has 194 valence electrons. The number of carbonyl (C=O) groups is 3. The van der Waals surface area contributed by atoms with Crippen LogP contribution < -0.4 is 16.0 Å². The highest BCUT2D eigenvalue weighted by atomic mass is 35.5. The van der Waals surface area contributed by atoms with Crippen molar-refractivity contribution >= 4 is 81.4 Å². The molecular formula is C26H22Cl5N3O3. The molecule has 1 aliphatic rings. The van der Waals surface area contributed by atoms with Gasteiger partial charge in [-0.1, -0.05) is 47.5 Å². The summed E-state index contributed by atoms with van der Waals surface area (Å²) in [4.78, 5) is 37.0. The van der Waals surface area contributed by atoms with Gasteiger partial charge in [0, 0.05) is 40.0 Å². The molecule has 2 unspecified atom stereocenters. The van der Waals surface area contributed by atoms with Crippen molar-refractivity contribution in [2.45, 2.75) is 24.1 Å². The number of hydrogen-bond acceptors (Lipinski definition) is 3. The van der Waals surface area contributed by atoms with Gasteiger partial charge in [-0.05, 0) is 61.0 Å². The van der Waals surface area contributed by atoms with Gasteiger partial charge in [0.05, 0.1) is 16.5 Å². The molecule has 3 rings (SSSR count). The van der Waals surface area contributed by atoms with E-state index >= 15 is 0 Å². The lowest BCUT2D eigenvalue weighted by atomic mass is 10.1. The maximum absolute atomic E-state index is 13.0. The molecule has 3 N–H and O–H groups in total. The third-order valence-electron chi connectivity index (χ3n) is 5.43. The summed E-state index contributed by atoms with van der Waals surface area (Å²) in [6, 6.07) is 9.39. The van der Waals surface area contributed by atoms with E-state index in [-0.39, 0.29) is 16.5 Å². The maximum Gasteiger partial charge on any atom is 0.257 e. The number of benzene rings is 2. The van der Waals surface area contributed by atoms with E-state index in [0.717, 1.165) is 0 Å². The Morgan fingerprint density at radius 2 is 1.62 bits per heavy atom. The fraction of sp³-hybridized carbons (Fsp3) is 0.192. The highest BCUT2D eigenvalue weighted by Crippen LogP contribution is 2.65. The van der Waals surface area contributed by atoms with Crippen LogP contribution in [-0.4, -0.2) is 22.1 Å². The van der Waals surface area contributed by atoms with Crippen LogP contribution in [0.4, 0.5) is 5.69 Å². The van der Waals surface area contributed by atoms with Crippen molar-refractivity contribution in [2.24, 2.45) is 5.92 Å². The average molecular weight is 602 g/mol. The van der Waals surface area contributed by atoms with Crippen molar-refractivity contribution < 1.29 is 14.4 Å². The molecule has 3 amide bonds. The summed E-state index contributed by atoms with van der Waals surface area (Å²) >= 11 is 31.3. The number of nitrogens with one attached hydrogen (secondary N) is 3.